The summed E-state index contributed by atoms with van der Waals surface area (Å²) in [6, 6.07) is 3.34. The molecule has 1 aromatic rings. The lowest BCUT2D eigenvalue weighted by atomic mass is 9.93. The summed E-state index contributed by atoms with van der Waals surface area (Å²) in [6.45, 7) is 4.47. The van der Waals surface area contributed by atoms with Gasteiger partial charge in [-0.2, -0.15) is 0 Å². The summed E-state index contributed by atoms with van der Waals surface area (Å²) in [4.78, 5) is 18.6. The van der Waals surface area contributed by atoms with Crippen molar-refractivity contribution in [1.82, 2.24) is 4.98 Å². The summed E-state index contributed by atoms with van der Waals surface area (Å²) >= 11 is 0. The quantitative estimate of drug-likeness (QED) is 0.831. The van der Waals surface area contributed by atoms with Gasteiger partial charge in [0, 0.05) is 13.1 Å². The number of pyridine rings is 1. The molecular weight excluding hydrogens is 280 g/mol. The number of aliphatic hydroxyl groups is 2. The first-order valence-corrected chi connectivity index (χ1v) is 7.98. The second kappa shape index (κ2) is 5.32. The third kappa shape index (κ3) is 2.75. The predicted molar refractivity (Wildman–Crippen MR) is 84.0 cm³/mol. The lowest BCUT2D eigenvalue weighted by Gasteiger charge is -2.34. The van der Waals surface area contributed by atoms with Gasteiger partial charge in [0.2, 0.25) is 0 Å². The minimum Gasteiger partial charge on any atom is -0.393 e. The van der Waals surface area contributed by atoms with Crippen molar-refractivity contribution in [2.24, 2.45) is 5.41 Å². The number of piperidine rings is 1. The van der Waals surface area contributed by atoms with Gasteiger partial charge in [-0.3, -0.25) is 4.79 Å². The van der Waals surface area contributed by atoms with Crippen LogP contribution in [-0.2, 0) is 5.60 Å². The largest absolute Gasteiger partial charge is 0.393 e. The standard InChI is InChI=1S/C17H24N2O3/c1-12(21)13-3-4-14(16(2,22)11-20)18-15(13)19-9-7-17(5-6-17)8-10-19/h3-4,20,22H,5-11H2,1-2H3. The molecule has 0 amide bonds. The second-order valence-corrected chi connectivity index (χ2v) is 7.04. The Labute approximate surface area is 131 Å². The minimum absolute atomic E-state index is 0.0237. The van der Waals surface area contributed by atoms with Gasteiger partial charge in [0.25, 0.3) is 0 Å². The van der Waals surface area contributed by atoms with E-state index in [1.165, 1.54) is 26.7 Å². The number of ketones is 1. The topological polar surface area (TPSA) is 73.7 Å². The van der Waals surface area contributed by atoms with Crippen LogP contribution >= 0.6 is 0 Å². The minimum atomic E-state index is -1.39. The van der Waals surface area contributed by atoms with Gasteiger partial charge in [0.1, 0.15) is 11.4 Å². The van der Waals surface area contributed by atoms with Crippen molar-refractivity contribution in [3.63, 3.8) is 0 Å². The van der Waals surface area contributed by atoms with E-state index in [4.69, 9.17) is 0 Å². The first-order valence-electron chi connectivity index (χ1n) is 7.98. The number of carbonyl (C=O) groups excluding carboxylic acids is 1. The third-order valence-corrected chi connectivity index (χ3v) is 5.19. The average Bonchev–Trinajstić information content (AvgIpc) is 3.26. The molecule has 3 rings (SSSR count). The van der Waals surface area contributed by atoms with E-state index in [2.05, 4.69) is 9.88 Å². The van der Waals surface area contributed by atoms with Crippen LogP contribution in [0.3, 0.4) is 0 Å². The van der Waals surface area contributed by atoms with E-state index in [0.29, 0.717) is 22.5 Å². The zero-order valence-corrected chi connectivity index (χ0v) is 13.3. The predicted octanol–water partition coefficient (Wildman–Crippen LogP) is 1.86. The molecule has 2 N–H and O–H groups in total. The van der Waals surface area contributed by atoms with Crippen LogP contribution in [0.25, 0.3) is 0 Å². The molecule has 1 spiro atoms. The summed E-state index contributed by atoms with van der Waals surface area (Å²) < 4.78 is 0. The molecule has 1 saturated heterocycles. The van der Waals surface area contributed by atoms with Gasteiger partial charge in [-0.25, -0.2) is 4.98 Å². The number of Topliss-reactive ketones (excluding diaryl/α,β-unsaturated/α-hetero) is 1. The lowest BCUT2D eigenvalue weighted by molar-refractivity contribution is -0.00581. The fraction of sp³-hybridized carbons (Fsp3) is 0.647. The normalized spacial score (nSPS) is 22.5. The van der Waals surface area contributed by atoms with Crippen molar-refractivity contribution >= 4 is 11.6 Å². The highest BCUT2D eigenvalue weighted by molar-refractivity contribution is 5.98. The molecule has 1 aromatic heterocycles. The van der Waals surface area contributed by atoms with Gasteiger partial charge in [-0.15, -0.1) is 0 Å². The Hall–Kier alpha value is -1.46. The molecule has 2 fully saturated rings. The van der Waals surface area contributed by atoms with Gasteiger partial charge in [-0.1, -0.05) is 0 Å². The van der Waals surface area contributed by atoms with Crippen LogP contribution in [0.15, 0.2) is 12.1 Å². The molecule has 22 heavy (non-hydrogen) atoms. The number of anilines is 1. The smallest absolute Gasteiger partial charge is 0.163 e. The van der Waals surface area contributed by atoms with E-state index >= 15 is 0 Å². The van der Waals surface area contributed by atoms with Gasteiger partial charge in [0.15, 0.2) is 5.78 Å². The Morgan fingerprint density at radius 1 is 1.32 bits per heavy atom. The summed E-state index contributed by atoms with van der Waals surface area (Å²) in [5.74, 6) is 0.624. The van der Waals surface area contributed by atoms with Crippen LogP contribution in [0.2, 0.25) is 0 Å². The van der Waals surface area contributed by atoms with E-state index in [0.717, 1.165) is 25.9 Å². The maximum absolute atomic E-state index is 11.9. The zero-order valence-electron chi connectivity index (χ0n) is 13.3. The highest BCUT2D eigenvalue weighted by atomic mass is 16.3. The van der Waals surface area contributed by atoms with Crippen LogP contribution in [-0.4, -0.2) is 40.7 Å². The number of aromatic nitrogens is 1. The van der Waals surface area contributed by atoms with Crippen molar-refractivity contribution in [1.29, 1.82) is 0 Å². The van der Waals surface area contributed by atoms with Gasteiger partial charge in [-0.05, 0) is 57.1 Å². The van der Waals surface area contributed by atoms with Crippen LogP contribution in [0.1, 0.15) is 55.6 Å². The molecule has 1 saturated carbocycles. The Bertz CT molecular complexity index is 584. The highest BCUT2D eigenvalue weighted by Crippen LogP contribution is 2.54. The van der Waals surface area contributed by atoms with Crippen molar-refractivity contribution < 1.29 is 15.0 Å². The fourth-order valence-corrected chi connectivity index (χ4v) is 3.21. The maximum Gasteiger partial charge on any atom is 0.163 e. The molecule has 1 aliphatic carbocycles. The third-order valence-electron chi connectivity index (χ3n) is 5.19. The molecule has 5 nitrogen and oxygen atoms in total. The number of aliphatic hydroxyl groups excluding tert-OH is 1. The first-order chi connectivity index (χ1) is 10.4. The van der Waals surface area contributed by atoms with E-state index in [1.54, 1.807) is 12.1 Å². The second-order valence-electron chi connectivity index (χ2n) is 7.04. The van der Waals surface area contributed by atoms with Crippen LogP contribution < -0.4 is 4.90 Å². The Morgan fingerprint density at radius 2 is 1.95 bits per heavy atom. The van der Waals surface area contributed by atoms with Gasteiger partial charge in [0.05, 0.1) is 17.9 Å². The Morgan fingerprint density at radius 3 is 2.45 bits per heavy atom. The molecule has 1 aliphatic heterocycles. The maximum atomic E-state index is 11.9. The molecule has 0 bridgehead atoms. The molecule has 5 heteroatoms. The first kappa shape index (κ1) is 15.4. The number of carbonyl (C=O) groups is 1. The number of nitrogens with zero attached hydrogens (tertiary/aromatic N) is 2. The SMILES string of the molecule is CC(=O)c1ccc(C(C)(O)CO)nc1N1CCC2(CC1)CC2. The average molecular weight is 304 g/mol. The fourth-order valence-electron chi connectivity index (χ4n) is 3.21. The molecule has 0 radical (unpaired) electrons. The monoisotopic (exact) mass is 304 g/mol. The Balaban J connectivity index is 1.92. The van der Waals surface area contributed by atoms with Crippen LogP contribution in [0.4, 0.5) is 5.82 Å². The molecule has 0 aromatic carbocycles. The summed E-state index contributed by atoms with van der Waals surface area (Å²) in [5.41, 5.74) is 0.157. The zero-order chi connectivity index (χ0) is 16.0. The highest BCUT2D eigenvalue weighted by Gasteiger charge is 2.45. The number of hydrogen-bond donors (Lipinski definition) is 2. The number of rotatable bonds is 4. The van der Waals surface area contributed by atoms with E-state index < -0.39 is 12.2 Å². The summed E-state index contributed by atoms with van der Waals surface area (Å²) in [5, 5.41) is 19.6. The summed E-state index contributed by atoms with van der Waals surface area (Å²) in [7, 11) is 0. The van der Waals surface area contributed by atoms with Crippen LogP contribution in [0, 0.1) is 5.41 Å². The Kier molecular flexibility index (Phi) is 3.73. The molecule has 1 unspecified atom stereocenters. The summed E-state index contributed by atoms with van der Waals surface area (Å²) in [6.07, 6.45) is 4.94. The van der Waals surface area contributed by atoms with E-state index in [9.17, 15) is 15.0 Å². The number of hydrogen-bond acceptors (Lipinski definition) is 5. The van der Waals surface area contributed by atoms with Gasteiger partial charge < -0.3 is 15.1 Å². The van der Waals surface area contributed by atoms with Crippen molar-refractivity contribution in [2.75, 3.05) is 24.6 Å². The van der Waals surface area contributed by atoms with Crippen LogP contribution in [0.5, 0.6) is 0 Å². The molecule has 2 aliphatic rings. The molecule has 2 heterocycles. The molecular formula is C17H24N2O3. The van der Waals surface area contributed by atoms with E-state index in [-0.39, 0.29) is 5.78 Å². The van der Waals surface area contributed by atoms with Gasteiger partial charge >= 0.3 is 0 Å². The van der Waals surface area contributed by atoms with Crippen molar-refractivity contribution in [3.8, 4) is 0 Å². The molecule has 120 valence electrons. The lowest BCUT2D eigenvalue weighted by Crippen LogP contribution is -2.37. The van der Waals surface area contributed by atoms with E-state index in [1.807, 2.05) is 0 Å². The van der Waals surface area contributed by atoms with Crippen molar-refractivity contribution in [2.45, 2.75) is 45.1 Å². The molecule has 1 atom stereocenters. The van der Waals surface area contributed by atoms with Crippen molar-refractivity contribution in [3.05, 3.63) is 23.4 Å².